The summed E-state index contributed by atoms with van der Waals surface area (Å²) in [7, 11) is 0. The van der Waals surface area contributed by atoms with Crippen LogP contribution in [0.2, 0.25) is 0 Å². The van der Waals surface area contributed by atoms with Crippen LogP contribution in [-0.4, -0.2) is 32.6 Å². The first-order chi connectivity index (χ1) is 6.01. The molecule has 0 aliphatic heterocycles. The normalized spacial score (nSPS) is 11.7. The molecule has 0 atom stereocenters. The first-order valence-corrected chi connectivity index (χ1v) is 4.72. The maximum Gasteiger partial charge on any atom is 0.205 e. The highest BCUT2D eigenvalue weighted by Crippen LogP contribution is 2.15. The van der Waals surface area contributed by atoms with E-state index in [1.54, 1.807) is 13.8 Å². The summed E-state index contributed by atoms with van der Waals surface area (Å²) in [5, 5.41) is 29.7. The molecule has 6 heteroatoms. The minimum Gasteiger partial charge on any atom is -0.389 e. The Balaban J connectivity index is 2.46. The van der Waals surface area contributed by atoms with Gasteiger partial charge in [-0.25, -0.2) is 0 Å². The Morgan fingerprint density at radius 1 is 1.46 bits per heavy atom. The highest BCUT2D eigenvalue weighted by atomic mass is 32.1. The molecule has 74 valence electrons. The number of anilines is 1. The predicted molar refractivity (Wildman–Crippen MR) is 50.6 cm³/mol. The van der Waals surface area contributed by atoms with E-state index < -0.39 is 5.60 Å². The molecule has 0 bridgehead atoms. The van der Waals surface area contributed by atoms with Crippen LogP contribution in [0.3, 0.4) is 0 Å². The average molecular weight is 203 g/mol. The van der Waals surface area contributed by atoms with E-state index in [2.05, 4.69) is 15.5 Å². The molecule has 1 aromatic rings. The Bertz CT molecular complexity index is 269. The summed E-state index contributed by atoms with van der Waals surface area (Å²) in [5.41, 5.74) is -0.773. The van der Waals surface area contributed by atoms with Gasteiger partial charge in [0.15, 0.2) is 0 Å². The van der Waals surface area contributed by atoms with Gasteiger partial charge in [-0.05, 0) is 13.8 Å². The highest BCUT2D eigenvalue weighted by Gasteiger charge is 2.12. The highest BCUT2D eigenvalue weighted by molar-refractivity contribution is 7.15. The van der Waals surface area contributed by atoms with E-state index in [0.717, 1.165) is 0 Å². The molecule has 5 nitrogen and oxygen atoms in total. The van der Waals surface area contributed by atoms with Gasteiger partial charge in [-0.3, -0.25) is 0 Å². The molecule has 1 rings (SSSR count). The van der Waals surface area contributed by atoms with Crippen molar-refractivity contribution >= 4 is 16.5 Å². The Morgan fingerprint density at radius 2 is 2.15 bits per heavy atom. The van der Waals surface area contributed by atoms with E-state index in [0.29, 0.717) is 16.7 Å². The fourth-order valence-electron chi connectivity index (χ4n) is 0.681. The average Bonchev–Trinajstić information content (AvgIpc) is 2.47. The topological polar surface area (TPSA) is 78.3 Å². The number of hydrogen-bond donors (Lipinski definition) is 3. The Labute approximate surface area is 80.4 Å². The number of nitrogens with zero attached hydrogens (tertiary/aromatic N) is 2. The Hall–Kier alpha value is -0.720. The van der Waals surface area contributed by atoms with Crippen LogP contribution in [-0.2, 0) is 6.61 Å². The second kappa shape index (κ2) is 3.99. The molecule has 0 aliphatic rings. The molecular formula is C7H13N3O2S. The van der Waals surface area contributed by atoms with Gasteiger partial charge in [0.05, 0.1) is 12.2 Å². The number of aliphatic hydroxyl groups excluding tert-OH is 1. The van der Waals surface area contributed by atoms with Gasteiger partial charge >= 0.3 is 0 Å². The van der Waals surface area contributed by atoms with Crippen molar-refractivity contribution in [2.75, 3.05) is 11.9 Å². The van der Waals surface area contributed by atoms with Gasteiger partial charge in [0.1, 0.15) is 5.01 Å². The summed E-state index contributed by atoms with van der Waals surface area (Å²) >= 11 is 1.28. The number of aliphatic hydroxyl groups is 2. The van der Waals surface area contributed by atoms with Crippen LogP contribution in [0.4, 0.5) is 5.13 Å². The van der Waals surface area contributed by atoms with Crippen molar-refractivity contribution in [1.82, 2.24) is 10.2 Å². The molecule has 0 radical (unpaired) electrons. The number of aromatic nitrogens is 2. The molecule has 0 aliphatic carbocycles. The van der Waals surface area contributed by atoms with Crippen molar-refractivity contribution < 1.29 is 10.2 Å². The fraction of sp³-hybridized carbons (Fsp3) is 0.714. The van der Waals surface area contributed by atoms with Crippen LogP contribution >= 0.6 is 11.3 Å². The van der Waals surface area contributed by atoms with Crippen LogP contribution in [0.1, 0.15) is 18.9 Å². The molecule has 0 saturated heterocycles. The summed E-state index contributed by atoms with van der Waals surface area (Å²) in [5.74, 6) is 0. The predicted octanol–water partition coefficient (Wildman–Crippen LogP) is 0.213. The molecule has 3 N–H and O–H groups in total. The summed E-state index contributed by atoms with van der Waals surface area (Å²) in [6.45, 7) is 3.72. The van der Waals surface area contributed by atoms with Crippen molar-refractivity contribution in [3.8, 4) is 0 Å². The molecule has 0 aromatic carbocycles. The van der Waals surface area contributed by atoms with E-state index in [1.807, 2.05) is 0 Å². The monoisotopic (exact) mass is 203 g/mol. The number of rotatable bonds is 4. The lowest BCUT2D eigenvalue weighted by atomic mass is 10.1. The van der Waals surface area contributed by atoms with Gasteiger partial charge < -0.3 is 15.5 Å². The van der Waals surface area contributed by atoms with E-state index in [4.69, 9.17) is 5.11 Å². The quantitative estimate of drug-likeness (QED) is 0.652. The third kappa shape index (κ3) is 3.67. The first kappa shape index (κ1) is 10.4. The van der Waals surface area contributed by atoms with E-state index >= 15 is 0 Å². The van der Waals surface area contributed by atoms with Gasteiger partial charge in [-0.1, -0.05) is 11.3 Å². The summed E-state index contributed by atoms with van der Waals surface area (Å²) in [6.07, 6.45) is 0. The SMILES string of the molecule is CC(C)(O)CNc1nnc(CO)s1. The van der Waals surface area contributed by atoms with Crippen molar-refractivity contribution in [3.05, 3.63) is 5.01 Å². The van der Waals surface area contributed by atoms with Crippen molar-refractivity contribution in [2.24, 2.45) is 0 Å². The number of nitrogens with one attached hydrogen (secondary N) is 1. The minimum absolute atomic E-state index is 0.0954. The Kier molecular flexibility index (Phi) is 3.18. The molecular weight excluding hydrogens is 190 g/mol. The van der Waals surface area contributed by atoms with Crippen molar-refractivity contribution in [2.45, 2.75) is 26.1 Å². The van der Waals surface area contributed by atoms with E-state index in [1.165, 1.54) is 11.3 Å². The van der Waals surface area contributed by atoms with Crippen LogP contribution in [0, 0.1) is 0 Å². The zero-order valence-electron chi connectivity index (χ0n) is 7.61. The van der Waals surface area contributed by atoms with Crippen LogP contribution < -0.4 is 5.32 Å². The first-order valence-electron chi connectivity index (χ1n) is 3.91. The lowest BCUT2D eigenvalue weighted by Crippen LogP contribution is -2.29. The second-order valence-electron chi connectivity index (χ2n) is 3.33. The molecule has 0 fully saturated rings. The summed E-state index contributed by atoms with van der Waals surface area (Å²) in [4.78, 5) is 0. The maximum atomic E-state index is 9.39. The summed E-state index contributed by atoms with van der Waals surface area (Å²) in [6, 6.07) is 0. The van der Waals surface area contributed by atoms with Gasteiger partial charge in [0.25, 0.3) is 0 Å². The second-order valence-corrected chi connectivity index (χ2v) is 4.39. The standard InChI is InChI=1S/C7H13N3O2S/c1-7(2,12)4-8-6-10-9-5(3-11)13-6/h11-12H,3-4H2,1-2H3,(H,8,10). The van der Waals surface area contributed by atoms with Crippen molar-refractivity contribution in [1.29, 1.82) is 0 Å². The third-order valence-electron chi connectivity index (χ3n) is 1.27. The lowest BCUT2D eigenvalue weighted by Gasteiger charge is -2.16. The zero-order chi connectivity index (χ0) is 9.90. The fourth-order valence-corrected chi connectivity index (χ4v) is 1.28. The molecule has 1 heterocycles. The van der Waals surface area contributed by atoms with Gasteiger partial charge in [0, 0.05) is 6.54 Å². The molecule has 0 spiro atoms. The van der Waals surface area contributed by atoms with Gasteiger partial charge in [-0.2, -0.15) is 0 Å². The van der Waals surface area contributed by atoms with Gasteiger partial charge in [0.2, 0.25) is 5.13 Å². The third-order valence-corrected chi connectivity index (χ3v) is 2.14. The minimum atomic E-state index is -0.773. The van der Waals surface area contributed by atoms with Crippen molar-refractivity contribution in [3.63, 3.8) is 0 Å². The Morgan fingerprint density at radius 3 is 2.62 bits per heavy atom. The maximum absolute atomic E-state index is 9.39. The molecule has 0 saturated carbocycles. The number of hydrogen-bond acceptors (Lipinski definition) is 6. The summed E-state index contributed by atoms with van der Waals surface area (Å²) < 4.78 is 0. The largest absolute Gasteiger partial charge is 0.389 e. The lowest BCUT2D eigenvalue weighted by molar-refractivity contribution is 0.0945. The molecule has 13 heavy (non-hydrogen) atoms. The molecule has 0 unspecified atom stereocenters. The molecule has 0 amide bonds. The van der Waals surface area contributed by atoms with Crippen LogP contribution in [0.5, 0.6) is 0 Å². The van der Waals surface area contributed by atoms with Crippen LogP contribution in [0.25, 0.3) is 0 Å². The zero-order valence-corrected chi connectivity index (χ0v) is 8.43. The van der Waals surface area contributed by atoms with Crippen LogP contribution in [0.15, 0.2) is 0 Å². The molecule has 1 aromatic heterocycles. The van der Waals surface area contributed by atoms with Gasteiger partial charge in [-0.15, -0.1) is 10.2 Å². The smallest absolute Gasteiger partial charge is 0.205 e. The van der Waals surface area contributed by atoms with E-state index in [-0.39, 0.29) is 6.61 Å². The van der Waals surface area contributed by atoms with E-state index in [9.17, 15) is 5.11 Å².